The smallest absolute Gasteiger partial charge is 0.246 e. The minimum atomic E-state index is -1.12. The van der Waals surface area contributed by atoms with E-state index < -0.39 is 17.5 Å². The van der Waals surface area contributed by atoms with Crippen LogP contribution >= 0.6 is 0 Å². The molecular weight excluding hydrogens is 604 g/mol. The lowest BCUT2D eigenvalue weighted by Crippen LogP contribution is -2.46. The van der Waals surface area contributed by atoms with Crippen LogP contribution in [0.4, 0.5) is 26.0 Å². The third kappa shape index (κ3) is 7.98. The molecule has 10 nitrogen and oxygen atoms in total. The predicted molar refractivity (Wildman–Crippen MR) is 179 cm³/mol. The van der Waals surface area contributed by atoms with Gasteiger partial charge in [0.05, 0.1) is 36.8 Å². The second-order valence-electron chi connectivity index (χ2n) is 14.3. The summed E-state index contributed by atoms with van der Waals surface area (Å²) in [6.07, 6.45) is 6.71. The number of rotatable bonds is 11. The quantitative estimate of drug-likeness (QED) is 0.167. The number of nitrogens with zero attached hydrogens (tertiary/aromatic N) is 5. The van der Waals surface area contributed by atoms with Gasteiger partial charge in [-0.05, 0) is 54.3 Å². The Labute approximate surface area is 274 Å². The fraction of sp³-hybridized carbons (Fsp3) is 0.486. The first-order valence-corrected chi connectivity index (χ1v) is 16.0. The molecule has 3 heterocycles. The van der Waals surface area contributed by atoms with Crippen LogP contribution in [0.1, 0.15) is 54.4 Å². The van der Waals surface area contributed by atoms with E-state index in [1.165, 1.54) is 35.8 Å². The number of ether oxygens (including phenoxy) is 2. The number of hydrogen-bond acceptors (Lipinski definition) is 8. The number of nitrogens with one attached hydrogen (secondary N) is 2. The molecule has 1 fully saturated rings. The number of carbonyl (C=O) groups is 1. The Morgan fingerprint density at radius 2 is 1.85 bits per heavy atom. The Morgan fingerprint density at radius 1 is 1.06 bits per heavy atom. The predicted octanol–water partition coefficient (Wildman–Crippen LogP) is 7.05. The zero-order valence-corrected chi connectivity index (χ0v) is 28.2. The van der Waals surface area contributed by atoms with Crippen molar-refractivity contribution in [2.24, 2.45) is 16.7 Å². The average Bonchev–Trinajstić information content (AvgIpc) is 3.64. The molecule has 5 rings (SSSR count). The van der Waals surface area contributed by atoms with Gasteiger partial charge in [0.15, 0.2) is 23.1 Å². The molecule has 1 amide bonds. The highest BCUT2D eigenvalue weighted by atomic mass is 19.2. The van der Waals surface area contributed by atoms with Crippen molar-refractivity contribution in [1.82, 2.24) is 24.6 Å². The Bertz CT molecular complexity index is 1710. The summed E-state index contributed by atoms with van der Waals surface area (Å²) in [5.41, 5.74) is 1.46. The zero-order valence-electron chi connectivity index (χ0n) is 28.2. The lowest BCUT2D eigenvalue weighted by atomic mass is 9.69. The van der Waals surface area contributed by atoms with Gasteiger partial charge in [-0.3, -0.25) is 14.4 Å². The number of hydrogen-bond donors (Lipinski definition) is 2. The van der Waals surface area contributed by atoms with Crippen molar-refractivity contribution in [3.8, 4) is 11.5 Å². The summed E-state index contributed by atoms with van der Waals surface area (Å²) < 4.78 is 40.7. The van der Waals surface area contributed by atoms with Crippen LogP contribution in [0.15, 0.2) is 49.1 Å². The Morgan fingerprint density at radius 3 is 2.57 bits per heavy atom. The normalized spacial score (nSPS) is 17.2. The van der Waals surface area contributed by atoms with Gasteiger partial charge in [0.2, 0.25) is 5.91 Å². The summed E-state index contributed by atoms with van der Waals surface area (Å²) in [6, 6.07) is 7.80. The van der Waals surface area contributed by atoms with E-state index in [1.807, 2.05) is 12.1 Å². The van der Waals surface area contributed by atoms with Crippen molar-refractivity contribution in [3.05, 3.63) is 60.7 Å². The van der Waals surface area contributed by atoms with Gasteiger partial charge in [0.25, 0.3) is 0 Å². The highest BCUT2D eigenvalue weighted by molar-refractivity contribution is 5.93. The van der Waals surface area contributed by atoms with Gasteiger partial charge in [-0.15, -0.1) is 0 Å². The molecular formula is C35H45F2N7O3. The first kappa shape index (κ1) is 34.0. The molecule has 0 bridgehead atoms. The van der Waals surface area contributed by atoms with Crippen molar-refractivity contribution in [1.29, 1.82) is 0 Å². The zero-order chi connectivity index (χ0) is 33.9. The maximum absolute atomic E-state index is 13.9. The number of amides is 1. The lowest BCUT2D eigenvalue weighted by Gasteiger charge is -2.43. The number of aromatic nitrogens is 4. The first-order valence-electron chi connectivity index (χ1n) is 16.0. The average molecular weight is 650 g/mol. The molecule has 0 spiro atoms. The van der Waals surface area contributed by atoms with Crippen molar-refractivity contribution in [2.75, 3.05) is 37.4 Å². The van der Waals surface area contributed by atoms with Crippen LogP contribution in [0.25, 0.3) is 10.9 Å². The summed E-state index contributed by atoms with van der Waals surface area (Å²) >= 11 is 0. The molecule has 2 N–H and O–H groups in total. The number of halogens is 2. The SMILES string of the molecule is COc1cc2c(Nc3cnn(CC(=O)Nc4cccc(F)c4F)c3)ncnc2cc1OCCCN1CCC(C(C)(C)C)C1C(C)(C)C. The molecule has 0 aliphatic carbocycles. The molecule has 47 heavy (non-hydrogen) atoms. The molecule has 252 valence electrons. The maximum atomic E-state index is 13.9. The number of likely N-dealkylation sites (tertiary alicyclic amines) is 1. The van der Waals surface area contributed by atoms with Gasteiger partial charge >= 0.3 is 0 Å². The molecule has 1 aliphatic rings. The van der Waals surface area contributed by atoms with Crippen LogP contribution in [0.3, 0.4) is 0 Å². The Balaban J connectivity index is 1.21. The minimum absolute atomic E-state index is 0.195. The van der Waals surface area contributed by atoms with Crippen molar-refractivity contribution in [2.45, 2.75) is 67.0 Å². The van der Waals surface area contributed by atoms with Crippen LogP contribution in [-0.2, 0) is 11.3 Å². The van der Waals surface area contributed by atoms with E-state index in [9.17, 15) is 13.6 Å². The number of carbonyl (C=O) groups excluding carboxylic acids is 1. The van der Waals surface area contributed by atoms with Crippen LogP contribution in [-0.4, -0.2) is 63.4 Å². The second kappa shape index (κ2) is 13.8. The number of anilines is 3. The van der Waals surface area contributed by atoms with Crippen LogP contribution < -0.4 is 20.1 Å². The fourth-order valence-corrected chi connectivity index (χ4v) is 6.64. The highest BCUT2D eigenvalue weighted by Gasteiger charge is 2.45. The molecule has 4 aromatic rings. The molecule has 0 saturated carbocycles. The third-order valence-corrected chi connectivity index (χ3v) is 8.70. The molecule has 2 unspecified atom stereocenters. The van der Waals surface area contributed by atoms with Crippen LogP contribution in [0.2, 0.25) is 0 Å². The maximum Gasteiger partial charge on any atom is 0.246 e. The minimum Gasteiger partial charge on any atom is -0.493 e. The second-order valence-corrected chi connectivity index (χ2v) is 14.3. The molecule has 1 aliphatic heterocycles. The van der Waals surface area contributed by atoms with E-state index in [1.54, 1.807) is 13.3 Å². The van der Waals surface area contributed by atoms with Gasteiger partial charge in [-0.2, -0.15) is 5.10 Å². The Kier molecular flexibility index (Phi) is 10.00. The molecule has 2 aromatic heterocycles. The molecule has 2 aromatic carbocycles. The number of benzene rings is 2. The molecule has 2 atom stereocenters. The van der Waals surface area contributed by atoms with E-state index in [2.05, 4.69) is 72.1 Å². The van der Waals surface area contributed by atoms with Crippen molar-refractivity contribution < 1.29 is 23.0 Å². The first-order chi connectivity index (χ1) is 22.2. The van der Waals surface area contributed by atoms with E-state index in [0.717, 1.165) is 25.6 Å². The third-order valence-electron chi connectivity index (χ3n) is 8.70. The number of fused-ring (bicyclic) bond motifs is 1. The standard InChI is InChI=1S/C35H45F2N7O3/c1-34(2,3)24-12-14-43(32(24)35(4,5)6)13-9-15-47-29-17-27-23(16-28(29)46-7)33(39-21-38-27)41-22-18-40-44(19-22)20-30(45)42-26-11-8-10-25(36)31(26)37/h8,10-11,16-19,21,24,32H,9,12-15,20H2,1-7H3,(H,42,45)(H,38,39,41). The summed E-state index contributed by atoms with van der Waals surface area (Å²) in [7, 11) is 1.60. The summed E-state index contributed by atoms with van der Waals surface area (Å²) in [5, 5.41) is 10.5. The fourth-order valence-electron chi connectivity index (χ4n) is 6.64. The van der Waals surface area contributed by atoms with Crippen molar-refractivity contribution in [3.63, 3.8) is 0 Å². The van der Waals surface area contributed by atoms with Gasteiger partial charge in [0, 0.05) is 30.2 Å². The van der Waals surface area contributed by atoms with Crippen LogP contribution in [0, 0.1) is 28.4 Å². The van der Waals surface area contributed by atoms with E-state index in [4.69, 9.17) is 9.47 Å². The highest BCUT2D eigenvalue weighted by Crippen LogP contribution is 2.45. The summed E-state index contributed by atoms with van der Waals surface area (Å²) in [5.74, 6) is -0.374. The van der Waals surface area contributed by atoms with Crippen LogP contribution in [0.5, 0.6) is 11.5 Å². The van der Waals surface area contributed by atoms with E-state index in [-0.39, 0.29) is 23.1 Å². The van der Waals surface area contributed by atoms with Gasteiger partial charge in [-0.25, -0.2) is 18.7 Å². The largest absolute Gasteiger partial charge is 0.493 e. The Hall–Kier alpha value is -4.32. The summed E-state index contributed by atoms with van der Waals surface area (Å²) in [6.45, 7) is 16.5. The summed E-state index contributed by atoms with van der Waals surface area (Å²) in [4.78, 5) is 23.9. The topological polar surface area (TPSA) is 106 Å². The monoisotopic (exact) mass is 649 g/mol. The molecule has 0 radical (unpaired) electrons. The molecule has 12 heteroatoms. The van der Waals surface area contributed by atoms with E-state index in [0.29, 0.717) is 52.5 Å². The van der Waals surface area contributed by atoms with Gasteiger partial charge < -0.3 is 20.1 Å². The van der Waals surface area contributed by atoms with E-state index >= 15 is 0 Å². The van der Waals surface area contributed by atoms with Gasteiger partial charge in [-0.1, -0.05) is 47.6 Å². The molecule has 1 saturated heterocycles. The number of methoxy groups -OCH3 is 1. The lowest BCUT2D eigenvalue weighted by molar-refractivity contribution is -0.116. The van der Waals surface area contributed by atoms with Crippen molar-refractivity contribution >= 4 is 34.0 Å². The van der Waals surface area contributed by atoms with Gasteiger partial charge in [0.1, 0.15) is 18.7 Å².